The molecule has 0 saturated carbocycles. The van der Waals surface area contributed by atoms with Crippen LogP contribution < -0.4 is 0 Å². The second kappa shape index (κ2) is 31.5. The second-order valence-electron chi connectivity index (χ2n) is 0.0833. The van der Waals surface area contributed by atoms with Gasteiger partial charge in [0, 0.05) is 0 Å². The van der Waals surface area contributed by atoms with Gasteiger partial charge in [-0.3, -0.25) is 8.92 Å². The number of hydrogen-bond acceptors (Lipinski definition) is 3. The van der Waals surface area contributed by atoms with Gasteiger partial charge >= 0.3 is 29.1 Å². The minimum atomic E-state index is -1.42. The third kappa shape index (κ3) is 1020. The quantitative estimate of drug-likeness (QED) is 0.408. The molecule has 5 heteroatoms. The molecule has 0 amide bonds. The molecule has 0 bridgehead atoms. The fourth-order valence-electron chi connectivity index (χ4n) is 0. The molecule has 0 radical (unpaired) electrons. The Hall–Kier alpha value is 0.136. The predicted octanol–water partition coefficient (Wildman–Crippen LogP) is -0.740. The zero-order valence-corrected chi connectivity index (χ0v) is 4.18. The maximum absolute atomic E-state index is 8.40. The first-order chi connectivity index (χ1) is 2.41. The Bertz CT molecular complexity index is 36.2. The van der Waals surface area contributed by atoms with Crippen LogP contribution in [-0.4, -0.2) is 9.29 Å². The molecule has 0 rings (SSSR count). The van der Waals surface area contributed by atoms with E-state index in [0.717, 1.165) is 0 Å². The van der Waals surface area contributed by atoms with Crippen molar-refractivity contribution in [2.45, 2.75) is 0 Å². The Morgan fingerprint density at radius 3 is 1.20 bits per heavy atom. The van der Waals surface area contributed by atoms with E-state index in [9.17, 15) is 0 Å². The van der Waals surface area contributed by atoms with Gasteiger partial charge in [0.25, 0.3) is 0 Å². The van der Waals surface area contributed by atoms with Crippen LogP contribution in [0, 0.1) is 0 Å². The van der Waals surface area contributed by atoms with Crippen LogP contribution in [0.25, 0.3) is 0 Å². The zero-order chi connectivity index (χ0) is 4.71. The van der Waals surface area contributed by atoms with Gasteiger partial charge < -0.3 is 0 Å². The summed E-state index contributed by atoms with van der Waals surface area (Å²) in [6.07, 6.45) is 0. The van der Waals surface area contributed by atoms with Crippen LogP contribution in [0.5, 0.6) is 0 Å². The molecule has 0 aromatic carbocycles. The molecule has 0 aliphatic rings. The van der Waals surface area contributed by atoms with Crippen LogP contribution in [-0.2, 0) is 28.7 Å². The van der Waals surface area contributed by atoms with Gasteiger partial charge in [-0.25, -0.2) is 0 Å². The van der Waals surface area contributed by atoms with Crippen molar-refractivity contribution in [1.82, 2.24) is 0 Å². The van der Waals surface area contributed by atoms with E-state index in [1.54, 1.807) is 0 Å². The van der Waals surface area contributed by atoms with Gasteiger partial charge in [0.05, 0.1) is 0 Å². The minimum absolute atomic E-state index is 1.42. The van der Waals surface area contributed by atoms with E-state index in [2.05, 4.69) is 0 Å². The van der Waals surface area contributed by atoms with Crippen molar-refractivity contribution in [3.05, 3.63) is 0 Å². The molecule has 0 saturated heterocycles. The van der Waals surface area contributed by atoms with Gasteiger partial charge in [-0.15, -0.1) is 0 Å². The van der Waals surface area contributed by atoms with E-state index in [1.807, 2.05) is 15.9 Å². The van der Waals surface area contributed by atoms with Crippen LogP contribution in [0.15, 0.2) is 0 Å². The first-order valence-electron chi connectivity index (χ1n) is 0.553. The van der Waals surface area contributed by atoms with Crippen molar-refractivity contribution in [2.24, 2.45) is 0 Å². The van der Waals surface area contributed by atoms with Crippen LogP contribution in [0.2, 0.25) is 0 Å². The molecule has 0 atom stereocenters. The van der Waals surface area contributed by atoms with Crippen LogP contribution in [0.3, 0.4) is 0 Å². The fourth-order valence-corrected chi connectivity index (χ4v) is 0. The molecule has 0 spiro atoms. The summed E-state index contributed by atoms with van der Waals surface area (Å²) in [5, 5.41) is 0. The van der Waals surface area contributed by atoms with E-state index < -0.39 is 9.29 Å². The van der Waals surface area contributed by atoms with Crippen molar-refractivity contribution in [1.29, 1.82) is 0 Å². The topological polar surface area (TPSA) is 51.2 Å². The Morgan fingerprint density at radius 2 is 1.20 bits per heavy atom. The SMILES string of the molecule is O=[Si]=O.[O]=[Fe]. The summed E-state index contributed by atoms with van der Waals surface area (Å²) >= 11 is 2.00. The van der Waals surface area contributed by atoms with Gasteiger partial charge in [0.1, 0.15) is 0 Å². The van der Waals surface area contributed by atoms with E-state index in [1.165, 1.54) is 0 Å². The van der Waals surface area contributed by atoms with Crippen LogP contribution in [0.1, 0.15) is 0 Å². The van der Waals surface area contributed by atoms with Gasteiger partial charge in [-0.1, -0.05) is 0 Å². The molecule has 0 aliphatic heterocycles. The summed E-state index contributed by atoms with van der Waals surface area (Å²) in [6, 6.07) is 0. The molecule has 0 unspecified atom stereocenters. The Morgan fingerprint density at radius 1 is 1.20 bits per heavy atom. The van der Waals surface area contributed by atoms with Crippen molar-refractivity contribution < 1.29 is 28.7 Å². The van der Waals surface area contributed by atoms with Gasteiger partial charge in [-0.2, -0.15) is 0 Å². The van der Waals surface area contributed by atoms with Gasteiger partial charge in [-0.05, 0) is 0 Å². The monoisotopic (exact) mass is 132 g/mol. The molecule has 0 aliphatic carbocycles. The van der Waals surface area contributed by atoms with Gasteiger partial charge in [0.2, 0.25) is 0 Å². The third-order valence-corrected chi connectivity index (χ3v) is 0. The Labute approximate surface area is 38.7 Å². The van der Waals surface area contributed by atoms with E-state index in [-0.39, 0.29) is 0 Å². The predicted molar refractivity (Wildman–Crippen MR) is 7.81 cm³/mol. The van der Waals surface area contributed by atoms with Crippen LogP contribution >= 0.6 is 0 Å². The normalized spacial score (nSPS) is 2.60. The third-order valence-electron chi connectivity index (χ3n) is 0. The first-order valence-corrected chi connectivity index (χ1v) is 1.82. The van der Waals surface area contributed by atoms with Crippen LogP contribution in [0.4, 0.5) is 0 Å². The Balaban J connectivity index is 0. The van der Waals surface area contributed by atoms with Crippen molar-refractivity contribution in [3.8, 4) is 0 Å². The van der Waals surface area contributed by atoms with Crippen molar-refractivity contribution in [3.63, 3.8) is 0 Å². The fraction of sp³-hybridized carbons (Fsp3) is 0. The van der Waals surface area contributed by atoms with Gasteiger partial charge in [0.15, 0.2) is 0 Å². The second-order valence-corrected chi connectivity index (χ2v) is 0.250. The standard InChI is InChI=1S/Fe.O2Si.O/c;1-3-2;. The first kappa shape index (κ1) is 8.93. The molecule has 0 aromatic rings. The summed E-state index contributed by atoms with van der Waals surface area (Å²) in [7, 11) is -1.42. The van der Waals surface area contributed by atoms with E-state index in [4.69, 9.17) is 12.8 Å². The Kier molecular flexibility index (Phi) is 56.3. The maximum atomic E-state index is 8.40. The molecule has 30 valence electrons. The molecule has 0 N–H and O–H groups in total. The average Bonchev–Trinajstić information content (AvgIpc) is 1.46. The summed E-state index contributed by atoms with van der Waals surface area (Å²) in [5.41, 5.74) is 0. The zero-order valence-electron chi connectivity index (χ0n) is 2.08. The van der Waals surface area contributed by atoms with E-state index >= 15 is 0 Å². The molecule has 0 heterocycles. The summed E-state index contributed by atoms with van der Waals surface area (Å²) in [5.74, 6) is 0. The van der Waals surface area contributed by atoms with E-state index in [0.29, 0.717) is 0 Å². The number of hydrogen-bond donors (Lipinski definition) is 0. The summed E-state index contributed by atoms with van der Waals surface area (Å²) in [6.45, 7) is 0. The average molecular weight is 132 g/mol. The summed E-state index contributed by atoms with van der Waals surface area (Å²) < 4.78 is 24.8. The molecular weight excluding hydrogens is 132 g/mol. The molecule has 3 nitrogen and oxygen atoms in total. The molecular formula is FeO3Si. The molecule has 5 heavy (non-hydrogen) atoms. The molecule has 0 aromatic heterocycles. The molecule has 0 fully saturated rings. The van der Waals surface area contributed by atoms with Crippen molar-refractivity contribution >= 4 is 9.29 Å². The van der Waals surface area contributed by atoms with Crippen molar-refractivity contribution in [2.75, 3.05) is 0 Å². The number of rotatable bonds is 0. The summed E-state index contributed by atoms with van der Waals surface area (Å²) in [4.78, 5) is 0.